The van der Waals surface area contributed by atoms with Gasteiger partial charge in [0, 0.05) is 24.9 Å². The molecule has 0 radical (unpaired) electrons. The van der Waals surface area contributed by atoms with Gasteiger partial charge in [-0.2, -0.15) is 0 Å². The Morgan fingerprint density at radius 2 is 1.90 bits per heavy atom. The lowest BCUT2D eigenvalue weighted by Crippen LogP contribution is -3.14. The van der Waals surface area contributed by atoms with E-state index < -0.39 is 0 Å². The average molecular weight is 426 g/mol. The number of aromatic nitrogens is 2. The third kappa shape index (κ3) is 4.49. The third-order valence-corrected chi connectivity index (χ3v) is 7.45. The predicted octanol–water partition coefficient (Wildman–Crippen LogP) is 0.550. The number of thiophene rings is 1. The highest BCUT2D eigenvalue weighted by molar-refractivity contribution is 7.18. The van der Waals surface area contributed by atoms with Gasteiger partial charge in [-0.1, -0.05) is 30.3 Å². The summed E-state index contributed by atoms with van der Waals surface area (Å²) < 4.78 is 5.45. The van der Waals surface area contributed by atoms with Crippen LogP contribution in [0.15, 0.2) is 36.7 Å². The molecule has 1 fully saturated rings. The molecule has 158 valence electrons. The van der Waals surface area contributed by atoms with Gasteiger partial charge in [-0.25, -0.2) is 9.97 Å². The maximum atomic E-state index is 5.45. The van der Waals surface area contributed by atoms with E-state index in [4.69, 9.17) is 4.74 Å². The van der Waals surface area contributed by atoms with Crippen LogP contribution >= 0.6 is 11.3 Å². The highest BCUT2D eigenvalue weighted by Gasteiger charge is 2.26. The Bertz CT molecular complexity index is 970. The number of nitrogens with zero attached hydrogens (tertiary/aromatic N) is 2. The summed E-state index contributed by atoms with van der Waals surface area (Å²) in [5, 5.41) is 4.89. The van der Waals surface area contributed by atoms with E-state index in [0.29, 0.717) is 0 Å². The van der Waals surface area contributed by atoms with Crippen molar-refractivity contribution in [2.45, 2.75) is 25.9 Å². The first-order chi connectivity index (χ1) is 14.9. The van der Waals surface area contributed by atoms with Crippen LogP contribution in [-0.2, 0) is 24.2 Å². The minimum atomic E-state index is 0.902. The molecule has 5 rings (SSSR count). The number of rotatable bonds is 7. The second-order valence-corrected chi connectivity index (χ2v) is 9.47. The Labute approximate surface area is 181 Å². The highest BCUT2D eigenvalue weighted by atomic mass is 32.1. The van der Waals surface area contributed by atoms with E-state index in [2.05, 4.69) is 45.6 Å². The minimum Gasteiger partial charge on any atom is -0.370 e. The number of quaternary nitrogens is 2. The molecule has 1 aromatic carbocycles. The second-order valence-electron chi connectivity index (χ2n) is 8.39. The van der Waals surface area contributed by atoms with Gasteiger partial charge in [0.15, 0.2) is 0 Å². The van der Waals surface area contributed by atoms with Crippen molar-refractivity contribution < 1.29 is 14.5 Å². The standard InChI is InChI=1S/C23H29N5OS/c1-2-5-18(6-3-1)15-28-10-7-19-20(16-28)30-23-21(19)22(25-17-26-23)24-8-4-9-27-11-13-29-14-12-27/h1-3,5-6,17H,4,7-16H2,(H,24,25,26)/p+2. The summed E-state index contributed by atoms with van der Waals surface area (Å²) >= 11 is 1.86. The van der Waals surface area contributed by atoms with Crippen molar-refractivity contribution in [1.82, 2.24) is 9.97 Å². The number of nitrogens with one attached hydrogen (secondary N) is 3. The minimum absolute atomic E-state index is 0.902. The topological polar surface area (TPSA) is 55.9 Å². The maximum absolute atomic E-state index is 5.45. The average Bonchev–Trinajstić information content (AvgIpc) is 3.16. The maximum Gasteiger partial charge on any atom is 0.138 e. The molecule has 0 aliphatic carbocycles. The molecular formula is C23H31N5OS+2. The Hall–Kier alpha value is -2.06. The lowest BCUT2D eigenvalue weighted by molar-refractivity contribution is -0.929. The van der Waals surface area contributed by atoms with Crippen LogP contribution < -0.4 is 15.1 Å². The van der Waals surface area contributed by atoms with Gasteiger partial charge in [-0.3, -0.25) is 0 Å². The van der Waals surface area contributed by atoms with Crippen LogP contribution in [-0.4, -0.2) is 55.9 Å². The molecule has 1 atom stereocenters. The van der Waals surface area contributed by atoms with Gasteiger partial charge < -0.3 is 19.9 Å². The molecule has 1 saturated heterocycles. The van der Waals surface area contributed by atoms with Crippen LogP contribution in [0.5, 0.6) is 0 Å². The molecule has 2 aliphatic rings. The normalized spacial score (nSPS) is 19.7. The van der Waals surface area contributed by atoms with E-state index in [0.717, 1.165) is 69.4 Å². The van der Waals surface area contributed by atoms with Crippen LogP contribution in [0.3, 0.4) is 0 Å². The lowest BCUT2D eigenvalue weighted by atomic mass is 10.0. The van der Waals surface area contributed by atoms with Gasteiger partial charge in [-0.05, 0) is 5.56 Å². The quantitative estimate of drug-likeness (QED) is 0.484. The summed E-state index contributed by atoms with van der Waals surface area (Å²) in [7, 11) is 0. The molecule has 6 nitrogen and oxygen atoms in total. The van der Waals surface area contributed by atoms with Gasteiger partial charge in [0.25, 0.3) is 0 Å². The largest absolute Gasteiger partial charge is 0.370 e. The Balaban J connectivity index is 1.24. The molecule has 0 saturated carbocycles. The molecule has 1 unspecified atom stereocenters. The first kappa shape index (κ1) is 19.9. The highest BCUT2D eigenvalue weighted by Crippen LogP contribution is 2.34. The van der Waals surface area contributed by atoms with Gasteiger partial charge in [0.1, 0.15) is 43.2 Å². The first-order valence-electron chi connectivity index (χ1n) is 11.1. The fourth-order valence-corrected chi connectivity index (χ4v) is 5.94. The van der Waals surface area contributed by atoms with E-state index in [1.54, 1.807) is 16.1 Å². The zero-order chi connectivity index (χ0) is 20.2. The van der Waals surface area contributed by atoms with Crippen molar-refractivity contribution in [3.8, 4) is 0 Å². The monoisotopic (exact) mass is 425 g/mol. The molecule has 0 bridgehead atoms. The Morgan fingerprint density at radius 1 is 1.03 bits per heavy atom. The number of hydrogen-bond acceptors (Lipinski definition) is 5. The summed E-state index contributed by atoms with van der Waals surface area (Å²) in [6.07, 6.45) is 3.98. The van der Waals surface area contributed by atoms with Crippen LogP contribution in [0.1, 0.15) is 22.4 Å². The zero-order valence-electron chi connectivity index (χ0n) is 17.5. The molecule has 3 aromatic rings. The van der Waals surface area contributed by atoms with Crippen LogP contribution in [0.25, 0.3) is 10.2 Å². The zero-order valence-corrected chi connectivity index (χ0v) is 18.3. The Morgan fingerprint density at radius 3 is 2.77 bits per heavy atom. The molecule has 3 N–H and O–H groups in total. The van der Waals surface area contributed by atoms with E-state index in [1.165, 1.54) is 34.5 Å². The SMILES string of the molecule is c1ccc(C[NH+]2CCc3c(sc4ncnc(NCCC[NH+]5CCOCC5)c34)C2)cc1. The van der Waals surface area contributed by atoms with Crippen molar-refractivity contribution in [3.63, 3.8) is 0 Å². The number of benzene rings is 1. The number of fused-ring (bicyclic) bond motifs is 3. The molecule has 7 heteroatoms. The summed E-state index contributed by atoms with van der Waals surface area (Å²) in [5.74, 6) is 1.03. The van der Waals surface area contributed by atoms with E-state index in [9.17, 15) is 0 Å². The van der Waals surface area contributed by atoms with Crippen LogP contribution in [0, 0.1) is 0 Å². The number of anilines is 1. The fourth-order valence-electron chi connectivity index (χ4n) is 4.69. The van der Waals surface area contributed by atoms with Gasteiger partial charge in [-0.15, -0.1) is 11.3 Å². The smallest absolute Gasteiger partial charge is 0.138 e. The molecule has 2 aliphatic heterocycles. The summed E-state index contributed by atoms with van der Waals surface area (Å²) in [6, 6.07) is 10.8. The van der Waals surface area contributed by atoms with Crippen molar-refractivity contribution in [3.05, 3.63) is 52.7 Å². The van der Waals surface area contributed by atoms with Crippen LogP contribution in [0.2, 0.25) is 0 Å². The van der Waals surface area contributed by atoms with Crippen LogP contribution in [0.4, 0.5) is 5.82 Å². The first-order valence-corrected chi connectivity index (χ1v) is 12.0. The fraction of sp³-hybridized carbons (Fsp3) is 0.478. The summed E-state index contributed by atoms with van der Waals surface area (Å²) in [6.45, 7) is 9.59. The van der Waals surface area contributed by atoms with E-state index in [1.807, 2.05) is 11.3 Å². The molecule has 0 spiro atoms. The number of ether oxygens (including phenoxy) is 1. The summed E-state index contributed by atoms with van der Waals surface area (Å²) in [4.78, 5) is 15.1. The van der Waals surface area contributed by atoms with Gasteiger partial charge in [0.05, 0.1) is 36.6 Å². The van der Waals surface area contributed by atoms with E-state index >= 15 is 0 Å². The predicted molar refractivity (Wildman–Crippen MR) is 120 cm³/mol. The molecule has 0 amide bonds. The molecular weight excluding hydrogens is 394 g/mol. The van der Waals surface area contributed by atoms with Crippen molar-refractivity contribution in [2.24, 2.45) is 0 Å². The lowest BCUT2D eigenvalue weighted by Gasteiger charge is -2.24. The molecule has 4 heterocycles. The third-order valence-electron chi connectivity index (χ3n) is 6.31. The van der Waals surface area contributed by atoms with E-state index in [-0.39, 0.29) is 0 Å². The second kappa shape index (κ2) is 9.39. The van der Waals surface area contributed by atoms with Crippen molar-refractivity contribution in [2.75, 3.05) is 51.3 Å². The van der Waals surface area contributed by atoms with Gasteiger partial charge >= 0.3 is 0 Å². The van der Waals surface area contributed by atoms with Crippen molar-refractivity contribution in [1.29, 1.82) is 0 Å². The van der Waals surface area contributed by atoms with Crippen molar-refractivity contribution >= 4 is 27.4 Å². The summed E-state index contributed by atoms with van der Waals surface area (Å²) in [5.41, 5.74) is 2.90. The number of hydrogen-bond donors (Lipinski definition) is 3. The number of morpholine rings is 1. The van der Waals surface area contributed by atoms with Gasteiger partial charge in [0.2, 0.25) is 0 Å². The molecule has 30 heavy (non-hydrogen) atoms. The molecule has 2 aromatic heterocycles. The Kier molecular flexibility index (Phi) is 6.22.